The topological polar surface area (TPSA) is 15.3 Å². The summed E-state index contributed by atoms with van der Waals surface area (Å²) in [7, 11) is 3.73. The van der Waals surface area contributed by atoms with Crippen molar-refractivity contribution >= 4 is 0 Å². The van der Waals surface area contributed by atoms with E-state index in [1.54, 1.807) is 0 Å². The Morgan fingerprint density at radius 1 is 1.33 bits per heavy atom. The Bertz CT molecular complexity index is 315. The lowest BCUT2D eigenvalue weighted by atomic mass is 10.2. The first-order valence-corrected chi connectivity index (χ1v) is 4.90. The van der Waals surface area contributed by atoms with Crippen LogP contribution < -0.4 is 5.32 Å². The van der Waals surface area contributed by atoms with E-state index >= 15 is 0 Å². The second kappa shape index (κ2) is 5.78. The van der Waals surface area contributed by atoms with Gasteiger partial charge in [0.05, 0.1) is 0 Å². The first-order valence-electron chi connectivity index (χ1n) is 4.90. The van der Waals surface area contributed by atoms with Gasteiger partial charge in [-0.2, -0.15) is 0 Å². The average molecular weight is 214 g/mol. The number of hydrogen-bond acceptors (Lipinski definition) is 2. The summed E-state index contributed by atoms with van der Waals surface area (Å²) in [6.07, 6.45) is 0. The Kier molecular flexibility index (Phi) is 4.65. The highest BCUT2D eigenvalue weighted by atomic mass is 19.1. The quantitative estimate of drug-likeness (QED) is 0.801. The second-order valence-electron chi connectivity index (χ2n) is 3.58. The largest absolute Gasteiger partial charge is 0.318 e. The van der Waals surface area contributed by atoms with Crippen molar-refractivity contribution in [2.75, 3.05) is 27.2 Å². The normalized spacial score (nSPS) is 11.0. The molecule has 0 amide bonds. The van der Waals surface area contributed by atoms with Gasteiger partial charge in [0, 0.05) is 25.2 Å². The van der Waals surface area contributed by atoms with Gasteiger partial charge >= 0.3 is 0 Å². The SMILES string of the molecule is CNCCN(C)Cc1cc(F)ccc1F. The van der Waals surface area contributed by atoms with E-state index in [9.17, 15) is 8.78 Å². The smallest absolute Gasteiger partial charge is 0.127 e. The minimum atomic E-state index is -0.395. The summed E-state index contributed by atoms with van der Waals surface area (Å²) in [5.41, 5.74) is 0.397. The van der Waals surface area contributed by atoms with Crippen molar-refractivity contribution in [1.82, 2.24) is 10.2 Å². The number of halogens is 2. The molecule has 0 saturated carbocycles. The van der Waals surface area contributed by atoms with Gasteiger partial charge in [-0.3, -0.25) is 0 Å². The molecule has 0 bridgehead atoms. The number of rotatable bonds is 5. The average Bonchev–Trinajstić information content (AvgIpc) is 2.20. The maximum Gasteiger partial charge on any atom is 0.127 e. The molecule has 0 spiro atoms. The van der Waals surface area contributed by atoms with Crippen LogP contribution in [0.15, 0.2) is 18.2 Å². The molecule has 0 aliphatic heterocycles. The standard InChI is InChI=1S/C11H16F2N2/c1-14-5-6-15(2)8-9-7-10(12)3-4-11(9)13/h3-4,7,14H,5-6,8H2,1-2H3. The highest BCUT2D eigenvalue weighted by Crippen LogP contribution is 2.11. The second-order valence-corrected chi connectivity index (χ2v) is 3.58. The van der Waals surface area contributed by atoms with Crippen molar-refractivity contribution in [3.05, 3.63) is 35.4 Å². The minimum Gasteiger partial charge on any atom is -0.318 e. The molecule has 1 rings (SSSR count). The van der Waals surface area contributed by atoms with Crippen LogP contribution in [0.5, 0.6) is 0 Å². The van der Waals surface area contributed by atoms with Crippen LogP contribution in [-0.2, 0) is 6.54 Å². The molecule has 0 radical (unpaired) electrons. The van der Waals surface area contributed by atoms with Gasteiger partial charge in [0.2, 0.25) is 0 Å². The van der Waals surface area contributed by atoms with E-state index in [2.05, 4.69) is 5.32 Å². The molecule has 2 nitrogen and oxygen atoms in total. The number of nitrogens with zero attached hydrogens (tertiary/aromatic N) is 1. The fourth-order valence-corrected chi connectivity index (χ4v) is 1.34. The highest BCUT2D eigenvalue weighted by molar-refractivity contribution is 5.18. The van der Waals surface area contributed by atoms with E-state index in [0.717, 1.165) is 25.2 Å². The Morgan fingerprint density at radius 3 is 2.73 bits per heavy atom. The van der Waals surface area contributed by atoms with Crippen LogP contribution in [0.25, 0.3) is 0 Å². The lowest BCUT2D eigenvalue weighted by Gasteiger charge is -2.16. The molecule has 0 aromatic heterocycles. The van der Waals surface area contributed by atoms with Crippen molar-refractivity contribution in [2.24, 2.45) is 0 Å². The number of nitrogens with one attached hydrogen (secondary N) is 1. The number of hydrogen-bond donors (Lipinski definition) is 1. The third-order valence-electron chi connectivity index (χ3n) is 2.19. The van der Waals surface area contributed by atoms with Gasteiger partial charge < -0.3 is 10.2 Å². The van der Waals surface area contributed by atoms with Crippen molar-refractivity contribution in [3.63, 3.8) is 0 Å². The van der Waals surface area contributed by atoms with E-state index in [4.69, 9.17) is 0 Å². The summed E-state index contributed by atoms with van der Waals surface area (Å²) in [5, 5.41) is 3.00. The van der Waals surface area contributed by atoms with Crippen LogP contribution >= 0.6 is 0 Å². The third-order valence-corrected chi connectivity index (χ3v) is 2.19. The maximum absolute atomic E-state index is 13.2. The molecule has 0 heterocycles. The van der Waals surface area contributed by atoms with Crippen molar-refractivity contribution in [3.8, 4) is 0 Å². The predicted octanol–water partition coefficient (Wildman–Crippen LogP) is 1.62. The van der Waals surface area contributed by atoms with Crippen LogP contribution in [0.2, 0.25) is 0 Å². The predicted molar refractivity (Wildman–Crippen MR) is 56.6 cm³/mol. The van der Waals surface area contributed by atoms with Crippen LogP contribution in [0.4, 0.5) is 8.78 Å². The molecule has 0 fully saturated rings. The van der Waals surface area contributed by atoms with Gasteiger partial charge in [0.1, 0.15) is 11.6 Å². The van der Waals surface area contributed by atoms with Crippen LogP contribution in [0.3, 0.4) is 0 Å². The lowest BCUT2D eigenvalue weighted by Crippen LogP contribution is -2.27. The molecular formula is C11H16F2N2. The summed E-state index contributed by atoms with van der Waals surface area (Å²) < 4.78 is 26.1. The van der Waals surface area contributed by atoms with E-state index in [1.165, 1.54) is 6.07 Å². The van der Waals surface area contributed by atoms with Crippen molar-refractivity contribution in [1.29, 1.82) is 0 Å². The first kappa shape index (κ1) is 12.1. The molecule has 0 saturated heterocycles. The zero-order chi connectivity index (χ0) is 11.3. The third kappa shape index (κ3) is 3.93. The zero-order valence-electron chi connectivity index (χ0n) is 9.06. The summed E-state index contributed by atoms with van der Waals surface area (Å²) in [5.74, 6) is -0.749. The molecule has 84 valence electrons. The van der Waals surface area contributed by atoms with E-state index in [-0.39, 0.29) is 5.82 Å². The van der Waals surface area contributed by atoms with Crippen LogP contribution in [0.1, 0.15) is 5.56 Å². The fourth-order valence-electron chi connectivity index (χ4n) is 1.34. The summed E-state index contributed by atoms with van der Waals surface area (Å²) in [6.45, 7) is 2.05. The fraction of sp³-hybridized carbons (Fsp3) is 0.455. The summed E-state index contributed by atoms with van der Waals surface area (Å²) >= 11 is 0. The molecule has 0 atom stereocenters. The van der Waals surface area contributed by atoms with E-state index in [0.29, 0.717) is 12.1 Å². The minimum absolute atomic E-state index is 0.354. The lowest BCUT2D eigenvalue weighted by molar-refractivity contribution is 0.322. The molecule has 0 unspecified atom stereocenters. The van der Waals surface area contributed by atoms with Crippen LogP contribution in [0, 0.1) is 11.6 Å². The van der Waals surface area contributed by atoms with Crippen molar-refractivity contribution < 1.29 is 8.78 Å². The van der Waals surface area contributed by atoms with Gasteiger partial charge in [-0.25, -0.2) is 8.78 Å². The van der Waals surface area contributed by atoms with Gasteiger partial charge in [-0.15, -0.1) is 0 Å². The highest BCUT2D eigenvalue weighted by Gasteiger charge is 2.06. The molecule has 1 aromatic carbocycles. The molecule has 0 aliphatic carbocycles. The Hall–Kier alpha value is -1.00. The maximum atomic E-state index is 13.2. The Morgan fingerprint density at radius 2 is 2.07 bits per heavy atom. The molecule has 4 heteroatoms. The number of likely N-dealkylation sites (N-methyl/N-ethyl adjacent to an activating group) is 2. The molecular weight excluding hydrogens is 198 g/mol. The van der Waals surface area contributed by atoms with Gasteiger partial charge in [0.25, 0.3) is 0 Å². The van der Waals surface area contributed by atoms with E-state index in [1.807, 2.05) is 19.0 Å². The monoisotopic (exact) mass is 214 g/mol. The zero-order valence-corrected chi connectivity index (χ0v) is 9.06. The Labute approximate surface area is 88.9 Å². The van der Waals surface area contributed by atoms with Gasteiger partial charge in [-0.05, 0) is 32.3 Å². The van der Waals surface area contributed by atoms with Crippen molar-refractivity contribution in [2.45, 2.75) is 6.54 Å². The molecule has 1 aromatic rings. The van der Waals surface area contributed by atoms with E-state index < -0.39 is 5.82 Å². The van der Waals surface area contributed by atoms with Gasteiger partial charge in [-0.1, -0.05) is 0 Å². The van der Waals surface area contributed by atoms with Gasteiger partial charge in [0.15, 0.2) is 0 Å². The number of benzene rings is 1. The molecule has 0 aliphatic rings. The first-order chi connectivity index (χ1) is 7.13. The summed E-state index contributed by atoms with van der Waals surface area (Å²) in [6, 6.07) is 3.54. The summed E-state index contributed by atoms with van der Waals surface area (Å²) in [4.78, 5) is 1.94. The molecule has 15 heavy (non-hydrogen) atoms. The molecule has 1 N–H and O–H groups in total. The van der Waals surface area contributed by atoms with Crippen LogP contribution in [-0.4, -0.2) is 32.1 Å². The Balaban J connectivity index is 2.59.